The molecule has 0 unspecified atom stereocenters. The number of alkyl halides is 3. The molecule has 0 fully saturated rings. The van der Waals surface area contributed by atoms with Crippen molar-refractivity contribution in [3.8, 4) is 0 Å². The molecule has 2 aromatic rings. The van der Waals surface area contributed by atoms with E-state index in [1.165, 1.54) is 18.6 Å². The molecule has 0 radical (unpaired) electrons. The van der Waals surface area contributed by atoms with Crippen molar-refractivity contribution in [2.75, 3.05) is 0 Å². The number of carbonyl (C=O) groups excluding carboxylic acids is 1. The van der Waals surface area contributed by atoms with Crippen molar-refractivity contribution >= 4 is 5.91 Å². The summed E-state index contributed by atoms with van der Waals surface area (Å²) in [6, 6.07) is 2.44. The van der Waals surface area contributed by atoms with Gasteiger partial charge < -0.3 is 11.1 Å². The Balaban J connectivity index is 0.000000314. The maximum absolute atomic E-state index is 13.3. The monoisotopic (exact) mass is 372 g/mol. The van der Waals surface area contributed by atoms with Crippen LogP contribution in [0.15, 0.2) is 36.8 Å². The molecule has 1 aromatic carbocycles. The van der Waals surface area contributed by atoms with E-state index in [9.17, 15) is 22.4 Å². The molecule has 1 amide bonds. The summed E-state index contributed by atoms with van der Waals surface area (Å²) in [6.07, 6.45) is -0.223. The van der Waals surface area contributed by atoms with Gasteiger partial charge in [-0.1, -0.05) is 0 Å². The van der Waals surface area contributed by atoms with Crippen molar-refractivity contribution in [1.29, 1.82) is 0 Å². The standard InChI is InChI=1S/C12H15F4N.C5H5N3O/c1-11(2,3)17-7-8-6-9(12(14,15)16)4-5-10(8)13;6-5(9)4-3-7-1-2-8-4/h4-6,17H,7H2,1-3H3;1-3H,(H2,6,9). The topological polar surface area (TPSA) is 80.9 Å². The number of hydrogen-bond donors (Lipinski definition) is 2. The van der Waals surface area contributed by atoms with Crippen LogP contribution in [0.2, 0.25) is 0 Å². The van der Waals surface area contributed by atoms with E-state index in [2.05, 4.69) is 15.3 Å². The molecule has 1 aromatic heterocycles. The summed E-state index contributed by atoms with van der Waals surface area (Å²) in [5.41, 5.74) is 3.98. The molecule has 0 aliphatic carbocycles. The largest absolute Gasteiger partial charge is 0.416 e. The third-order valence-corrected chi connectivity index (χ3v) is 3.00. The first-order valence-electron chi connectivity index (χ1n) is 7.56. The molecule has 1 heterocycles. The van der Waals surface area contributed by atoms with Gasteiger partial charge in [0, 0.05) is 30.0 Å². The van der Waals surface area contributed by atoms with Crippen molar-refractivity contribution in [2.45, 2.75) is 39.0 Å². The number of aromatic nitrogens is 2. The zero-order chi connectivity index (χ0) is 20.0. The van der Waals surface area contributed by atoms with Gasteiger partial charge in [0.2, 0.25) is 0 Å². The number of primary amides is 1. The molecule has 0 saturated carbocycles. The van der Waals surface area contributed by atoms with Crippen LogP contribution in [0.5, 0.6) is 0 Å². The third-order valence-electron chi connectivity index (χ3n) is 3.00. The first kappa shape index (κ1) is 21.5. The van der Waals surface area contributed by atoms with Crippen LogP contribution in [0.3, 0.4) is 0 Å². The van der Waals surface area contributed by atoms with Crippen molar-refractivity contribution in [1.82, 2.24) is 15.3 Å². The maximum Gasteiger partial charge on any atom is 0.416 e. The maximum atomic E-state index is 13.3. The van der Waals surface area contributed by atoms with Crippen LogP contribution in [-0.2, 0) is 12.7 Å². The highest BCUT2D eigenvalue weighted by Gasteiger charge is 2.31. The fourth-order valence-corrected chi connectivity index (χ4v) is 1.67. The molecule has 0 aliphatic rings. The predicted molar refractivity (Wildman–Crippen MR) is 88.5 cm³/mol. The molecular formula is C17H20F4N4O. The van der Waals surface area contributed by atoms with Gasteiger partial charge in [0.05, 0.1) is 11.8 Å². The summed E-state index contributed by atoms with van der Waals surface area (Å²) in [5.74, 6) is -1.18. The number of benzene rings is 1. The molecule has 3 N–H and O–H groups in total. The van der Waals surface area contributed by atoms with Gasteiger partial charge in [-0.05, 0) is 39.0 Å². The Hall–Kier alpha value is -2.55. The lowest BCUT2D eigenvalue weighted by Gasteiger charge is -2.21. The zero-order valence-electron chi connectivity index (χ0n) is 14.6. The molecule has 9 heteroatoms. The molecule has 2 rings (SSSR count). The molecule has 0 bridgehead atoms. The van der Waals surface area contributed by atoms with Crippen molar-refractivity contribution in [2.24, 2.45) is 5.73 Å². The summed E-state index contributed by atoms with van der Waals surface area (Å²) in [4.78, 5) is 17.6. The number of nitrogens with one attached hydrogen (secondary N) is 1. The Morgan fingerprint density at radius 2 is 1.85 bits per heavy atom. The minimum atomic E-state index is -4.44. The molecule has 142 valence electrons. The van der Waals surface area contributed by atoms with E-state index >= 15 is 0 Å². The van der Waals surface area contributed by atoms with Gasteiger partial charge in [0.25, 0.3) is 5.91 Å². The Morgan fingerprint density at radius 3 is 2.27 bits per heavy atom. The van der Waals surface area contributed by atoms with E-state index in [1.807, 2.05) is 20.8 Å². The minimum absolute atomic E-state index is 0.0229. The van der Waals surface area contributed by atoms with E-state index in [4.69, 9.17) is 5.73 Å². The van der Waals surface area contributed by atoms with Gasteiger partial charge in [-0.2, -0.15) is 13.2 Å². The first-order chi connectivity index (χ1) is 11.9. The average Bonchev–Trinajstić information content (AvgIpc) is 2.53. The second kappa shape index (κ2) is 8.70. The number of halogens is 4. The van der Waals surface area contributed by atoms with Gasteiger partial charge in [-0.3, -0.25) is 9.78 Å². The summed E-state index contributed by atoms with van der Waals surface area (Å²) < 4.78 is 50.6. The second-order valence-corrected chi connectivity index (χ2v) is 6.36. The lowest BCUT2D eigenvalue weighted by Crippen LogP contribution is -2.35. The van der Waals surface area contributed by atoms with E-state index < -0.39 is 23.5 Å². The van der Waals surface area contributed by atoms with Crippen molar-refractivity contribution in [3.63, 3.8) is 0 Å². The number of nitrogens with zero attached hydrogens (tertiary/aromatic N) is 2. The summed E-state index contributed by atoms with van der Waals surface area (Å²) in [6.45, 7) is 5.65. The van der Waals surface area contributed by atoms with Gasteiger partial charge in [-0.25, -0.2) is 9.37 Å². The molecule has 0 aliphatic heterocycles. The fraction of sp³-hybridized carbons (Fsp3) is 0.353. The first-order valence-corrected chi connectivity index (χ1v) is 7.56. The highest BCUT2D eigenvalue weighted by Crippen LogP contribution is 2.30. The molecule has 5 nitrogen and oxygen atoms in total. The van der Waals surface area contributed by atoms with Crippen LogP contribution < -0.4 is 11.1 Å². The lowest BCUT2D eigenvalue weighted by molar-refractivity contribution is -0.137. The van der Waals surface area contributed by atoms with Gasteiger partial charge in [0.1, 0.15) is 11.5 Å². The Kier molecular flexibility index (Phi) is 7.19. The number of nitrogens with two attached hydrogens (primary N) is 1. The second-order valence-electron chi connectivity index (χ2n) is 6.36. The number of rotatable bonds is 3. The molecule has 0 spiro atoms. The quantitative estimate of drug-likeness (QED) is 0.810. The molecule has 26 heavy (non-hydrogen) atoms. The number of carbonyl (C=O) groups is 1. The molecule has 0 saturated heterocycles. The molecular weight excluding hydrogens is 352 g/mol. The predicted octanol–water partition coefficient (Wildman–Crippen LogP) is 3.31. The number of hydrogen-bond acceptors (Lipinski definition) is 4. The normalized spacial score (nSPS) is 11.5. The Bertz CT molecular complexity index is 728. The van der Waals surface area contributed by atoms with Crippen molar-refractivity contribution < 1.29 is 22.4 Å². The van der Waals surface area contributed by atoms with Gasteiger partial charge in [0.15, 0.2) is 0 Å². The highest BCUT2D eigenvalue weighted by atomic mass is 19.4. The van der Waals surface area contributed by atoms with E-state index in [1.54, 1.807) is 0 Å². The average molecular weight is 372 g/mol. The minimum Gasteiger partial charge on any atom is -0.364 e. The van der Waals surface area contributed by atoms with Crippen LogP contribution in [0.25, 0.3) is 0 Å². The fourth-order valence-electron chi connectivity index (χ4n) is 1.67. The van der Waals surface area contributed by atoms with Gasteiger partial charge >= 0.3 is 6.18 Å². The SMILES string of the molecule is CC(C)(C)NCc1cc(C(F)(F)F)ccc1F.NC(=O)c1cnccn1. The smallest absolute Gasteiger partial charge is 0.364 e. The summed E-state index contributed by atoms with van der Waals surface area (Å²) in [5, 5.41) is 2.95. The van der Waals surface area contributed by atoms with E-state index in [0.29, 0.717) is 0 Å². The summed E-state index contributed by atoms with van der Waals surface area (Å²) in [7, 11) is 0. The van der Waals surface area contributed by atoms with Crippen LogP contribution in [0, 0.1) is 5.82 Å². The zero-order valence-corrected chi connectivity index (χ0v) is 14.6. The van der Waals surface area contributed by atoms with Crippen molar-refractivity contribution in [3.05, 3.63) is 59.4 Å². The Morgan fingerprint density at radius 1 is 1.19 bits per heavy atom. The van der Waals surface area contributed by atoms with E-state index in [-0.39, 0.29) is 23.3 Å². The van der Waals surface area contributed by atoms with Crippen LogP contribution in [0.4, 0.5) is 17.6 Å². The van der Waals surface area contributed by atoms with Gasteiger partial charge in [-0.15, -0.1) is 0 Å². The summed E-state index contributed by atoms with van der Waals surface area (Å²) >= 11 is 0. The Labute approximate surface area is 148 Å². The molecule has 0 atom stereocenters. The van der Waals surface area contributed by atoms with E-state index in [0.717, 1.165) is 18.2 Å². The van der Waals surface area contributed by atoms with Crippen LogP contribution >= 0.6 is 0 Å². The van der Waals surface area contributed by atoms with Crippen LogP contribution in [-0.4, -0.2) is 21.4 Å². The number of amides is 1. The van der Waals surface area contributed by atoms with Crippen LogP contribution in [0.1, 0.15) is 42.4 Å². The lowest BCUT2D eigenvalue weighted by atomic mass is 10.1. The third kappa shape index (κ3) is 7.56. The highest BCUT2D eigenvalue weighted by molar-refractivity contribution is 5.90.